The molecule has 112 valence electrons. The van der Waals surface area contributed by atoms with Crippen LogP contribution in [0.1, 0.15) is 13.8 Å². The Hall–Kier alpha value is -1.36. The molecule has 0 aliphatic heterocycles. The molecule has 0 amide bonds. The largest absolute Gasteiger partial charge is 0.511 e. The number of sulfonamides is 1. The van der Waals surface area contributed by atoms with Gasteiger partial charge >= 0.3 is 27.5 Å². The van der Waals surface area contributed by atoms with Crippen molar-refractivity contribution in [2.75, 3.05) is 13.2 Å². The molecule has 19 heavy (non-hydrogen) atoms. The summed E-state index contributed by atoms with van der Waals surface area (Å²) in [6.45, 7) is 2.17. The predicted octanol–water partition coefficient (Wildman–Crippen LogP) is -0.0796. The van der Waals surface area contributed by atoms with Crippen LogP contribution < -0.4 is 4.72 Å². The molecule has 0 aliphatic rings. The van der Waals surface area contributed by atoms with E-state index >= 15 is 0 Å². The first-order valence-corrected chi connectivity index (χ1v) is 6.47. The topological polar surface area (TPSA) is 98.8 Å². The highest BCUT2D eigenvalue weighted by Gasteiger charge is 2.49. The summed E-state index contributed by atoms with van der Waals surface area (Å²) < 4.78 is 67.6. The molecule has 7 nitrogen and oxygen atoms in total. The van der Waals surface area contributed by atoms with Crippen LogP contribution in [0.15, 0.2) is 0 Å². The van der Waals surface area contributed by atoms with Crippen molar-refractivity contribution >= 4 is 22.0 Å². The van der Waals surface area contributed by atoms with E-state index in [9.17, 15) is 31.2 Å². The molecule has 0 aromatic heterocycles. The lowest BCUT2D eigenvalue weighted by Crippen LogP contribution is -2.51. The first-order valence-electron chi connectivity index (χ1n) is 4.98. The van der Waals surface area contributed by atoms with E-state index in [1.54, 1.807) is 0 Å². The minimum Gasteiger partial charge on any atom is -0.464 e. The van der Waals surface area contributed by atoms with Gasteiger partial charge in [0.2, 0.25) is 6.04 Å². The average Bonchev–Trinajstić information content (AvgIpc) is 2.24. The quantitative estimate of drug-likeness (QED) is 0.544. The molecule has 0 saturated heterocycles. The number of hydrogen-bond acceptors (Lipinski definition) is 6. The zero-order chi connectivity index (χ0) is 15.3. The lowest BCUT2D eigenvalue weighted by molar-refractivity contribution is -0.157. The van der Waals surface area contributed by atoms with Gasteiger partial charge < -0.3 is 9.47 Å². The van der Waals surface area contributed by atoms with Crippen LogP contribution >= 0.6 is 0 Å². The Morgan fingerprint density at radius 3 is 1.74 bits per heavy atom. The molecule has 0 atom stereocenters. The molecule has 0 aromatic rings. The third-order valence-corrected chi connectivity index (χ3v) is 2.78. The van der Waals surface area contributed by atoms with Gasteiger partial charge in [-0.2, -0.15) is 17.9 Å². The van der Waals surface area contributed by atoms with Crippen LogP contribution in [0.5, 0.6) is 0 Å². The fourth-order valence-corrected chi connectivity index (χ4v) is 1.50. The lowest BCUT2D eigenvalue weighted by atomic mass is 10.3. The van der Waals surface area contributed by atoms with Gasteiger partial charge in [-0.05, 0) is 13.8 Å². The Morgan fingerprint density at radius 2 is 1.47 bits per heavy atom. The molecule has 0 aliphatic carbocycles. The van der Waals surface area contributed by atoms with Gasteiger partial charge in [0.15, 0.2) is 0 Å². The highest BCUT2D eigenvalue weighted by Crippen LogP contribution is 2.22. The Kier molecular flexibility index (Phi) is 6.22. The zero-order valence-electron chi connectivity index (χ0n) is 9.98. The molecule has 0 spiro atoms. The van der Waals surface area contributed by atoms with E-state index in [0.717, 1.165) is 4.72 Å². The van der Waals surface area contributed by atoms with Crippen LogP contribution in [0.4, 0.5) is 13.2 Å². The Labute approximate surface area is 107 Å². The standard InChI is InChI=1S/C8H12F3NO6S/c1-3-17-6(13)5(7(14)18-4-2)12-19(15,16)8(9,10)11/h5,12H,3-4H2,1-2H3. The fraction of sp³-hybridized carbons (Fsp3) is 0.750. The first-order chi connectivity index (χ1) is 8.56. The van der Waals surface area contributed by atoms with Gasteiger partial charge in [0.25, 0.3) is 0 Å². The maximum atomic E-state index is 12.1. The number of alkyl halides is 3. The number of rotatable bonds is 6. The highest BCUT2D eigenvalue weighted by molar-refractivity contribution is 7.90. The van der Waals surface area contributed by atoms with Crippen molar-refractivity contribution in [1.29, 1.82) is 0 Å². The van der Waals surface area contributed by atoms with Crippen LogP contribution in [0.2, 0.25) is 0 Å². The molecule has 0 rings (SSSR count). The summed E-state index contributed by atoms with van der Waals surface area (Å²) in [5.41, 5.74) is -5.66. The van der Waals surface area contributed by atoms with E-state index in [2.05, 4.69) is 9.47 Å². The zero-order valence-corrected chi connectivity index (χ0v) is 10.8. The maximum Gasteiger partial charge on any atom is 0.511 e. The third kappa shape index (κ3) is 5.03. The summed E-state index contributed by atoms with van der Waals surface area (Å²) in [6, 6.07) is -2.40. The molecule has 1 N–H and O–H groups in total. The molecule has 0 fully saturated rings. The van der Waals surface area contributed by atoms with Crippen LogP contribution in [-0.2, 0) is 29.1 Å². The van der Waals surface area contributed by atoms with Crippen molar-refractivity contribution in [3.63, 3.8) is 0 Å². The lowest BCUT2D eigenvalue weighted by Gasteiger charge is -2.16. The Morgan fingerprint density at radius 1 is 1.11 bits per heavy atom. The first kappa shape index (κ1) is 17.6. The second-order valence-electron chi connectivity index (χ2n) is 3.00. The summed E-state index contributed by atoms with van der Waals surface area (Å²) in [7, 11) is -5.88. The fourth-order valence-electron chi connectivity index (χ4n) is 0.866. The molecule has 0 bridgehead atoms. The number of hydrogen-bond donors (Lipinski definition) is 1. The predicted molar refractivity (Wildman–Crippen MR) is 55.2 cm³/mol. The summed E-state index contributed by atoms with van der Waals surface area (Å²) in [6.07, 6.45) is 0. The monoisotopic (exact) mass is 307 g/mol. The van der Waals surface area contributed by atoms with Gasteiger partial charge in [-0.25, -0.2) is 18.0 Å². The minimum atomic E-state index is -5.88. The van der Waals surface area contributed by atoms with Crippen molar-refractivity contribution in [3.05, 3.63) is 0 Å². The van der Waals surface area contributed by atoms with E-state index in [-0.39, 0.29) is 13.2 Å². The Bertz CT molecular complexity index is 414. The molecular weight excluding hydrogens is 295 g/mol. The maximum absolute atomic E-state index is 12.1. The van der Waals surface area contributed by atoms with Gasteiger partial charge in [-0.3, -0.25) is 0 Å². The van der Waals surface area contributed by atoms with E-state index < -0.39 is 33.5 Å². The van der Waals surface area contributed by atoms with Crippen LogP contribution in [0, 0.1) is 0 Å². The smallest absolute Gasteiger partial charge is 0.464 e. The second kappa shape index (κ2) is 6.70. The summed E-state index contributed by atoms with van der Waals surface area (Å²) in [4.78, 5) is 22.5. The molecule has 0 saturated carbocycles. The van der Waals surface area contributed by atoms with Crippen molar-refractivity contribution in [2.45, 2.75) is 25.4 Å². The molecule has 0 unspecified atom stereocenters. The van der Waals surface area contributed by atoms with Gasteiger partial charge in [-0.1, -0.05) is 0 Å². The molecule has 0 heterocycles. The normalized spacial score (nSPS) is 12.3. The Balaban J connectivity index is 5.18. The van der Waals surface area contributed by atoms with Crippen LogP contribution in [-0.4, -0.2) is 45.1 Å². The van der Waals surface area contributed by atoms with Gasteiger partial charge in [0.05, 0.1) is 13.2 Å². The van der Waals surface area contributed by atoms with Gasteiger partial charge in [0.1, 0.15) is 0 Å². The van der Waals surface area contributed by atoms with E-state index in [0.29, 0.717) is 0 Å². The van der Waals surface area contributed by atoms with Gasteiger partial charge in [-0.15, -0.1) is 0 Å². The van der Waals surface area contributed by atoms with E-state index in [1.807, 2.05) is 0 Å². The molecular formula is C8H12F3NO6S. The van der Waals surface area contributed by atoms with Crippen molar-refractivity contribution in [1.82, 2.24) is 4.72 Å². The average molecular weight is 307 g/mol. The van der Waals surface area contributed by atoms with Crippen molar-refractivity contribution < 1.29 is 40.7 Å². The van der Waals surface area contributed by atoms with Crippen molar-refractivity contribution in [3.8, 4) is 0 Å². The molecule has 0 aromatic carbocycles. The van der Waals surface area contributed by atoms with Crippen molar-refractivity contribution in [2.24, 2.45) is 0 Å². The van der Waals surface area contributed by atoms with E-state index in [4.69, 9.17) is 0 Å². The molecule has 0 radical (unpaired) electrons. The summed E-state index contributed by atoms with van der Waals surface area (Å²) in [5, 5.41) is 0. The van der Waals surface area contributed by atoms with Crippen LogP contribution in [0.3, 0.4) is 0 Å². The van der Waals surface area contributed by atoms with Crippen LogP contribution in [0.25, 0.3) is 0 Å². The highest BCUT2D eigenvalue weighted by atomic mass is 32.2. The number of carbonyl (C=O) groups excluding carboxylic acids is 2. The SMILES string of the molecule is CCOC(=O)C(NS(=O)(=O)C(F)(F)F)C(=O)OCC. The van der Waals surface area contributed by atoms with E-state index in [1.165, 1.54) is 13.8 Å². The third-order valence-electron chi connectivity index (χ3n) is 1.62. The number of ether oxygens (including phenoxy) is 2. The number of halogens is 3. The second-order valence-corrected chi connectivity index (χ2v) is 4.71. The number of esters is 2. The summed E-state index contributed by atoms with van der Waals surface area (Å²) >= 11 is 0. The molecule has 11 heteroatoms. The van der Waals surface area contributed by atoms with Gasteiger partial charge in [0, 0.05) is 0 Å². The minimum absolute atomic E-state index is 0.248. The number of carbonyl (C=O) groups is 2. The summed E-state index contributed by atoms with van der Waals surface area (Å²) in [5.74, 6) is -2.96. The number of nitrogens with one attached hydrogen (secondary N) is 1.